The van der Waals surface area contributed by atoms with Crippen LogP contribution in [0.3, 0.4) is 0 Å². The van der Waals surface area contributed by atoms with E-state index in [9.17, 15) is 4.79 Å². The van der Waals surface area contributed by atoms with E-state index in [0.717, 1.165) is 13.0 Å². The average molecular weight is 290 g/mol. The van der Waals surface area contributed by atoms with Gasteiger partial charge in [-0.3, -0.25) is 4.79 Å². The third-order valence-electron chi connectivity index (χ3n) is 3.62. The predicted molar refractivity (Wildman–Crippen MR) is 90.8 cm³/mol. The van der Waals surface area contributed by atoms with E-state index in [2.05, 4.69) is 63.5 Å². The van der Waals surface area contributed by atoms with Gasteiger partial charge in [-0.05, 0) is 36.3 Å². The summed E-state index contributed by atoms with van der Waals surface area (Å²) in [7, 11) is 0. The molecule has 0 bridgehead atoms. The number of benzene rings is 1. The molecule has 1 aromatic rings. The fraction of sp³-hybridized carbons (Fsp3) is 0.611. The van der Waals surface area contributed by atoms with Crippen LogP contribution in [0, 0.1) is 12.8 Å². The highest BCUT2D eigenvalue weighted by Crippen LogP contribution is 2.27. The molecule has 118 valence electrons. The standard InChI is InChI=1S/C18H30N2O/c1-13(2)9-11-19-17(21)10-12-20-18-15(5)7-6-8-16(18)14(3)4/h6-8,13-14,20H,9-12H2,1-5H3,(H,19,21). The lowest BCUT2D eigenvalue weighted by molar-refractivity contribution is -0.120. The van der Waals surface area contributed by atoms with Gasteiger partial charge in [0.25, 0.3) is 0 Å². The third kappa shape index (κ3) is 6.19. The number of para-hydroxylation sites is 1. The van der Waals surface area contributed by atoms with E-state index >= 15 is 0 Å². The van der Waals surface area contributed by atoms with Gasteiger partial charge < -0.3 is 10.6 Å². The Bertz CT molecular complexity index is 453. The number of nitrogens with one attached hydrogen (secondary N) is 2. The van der Waals surface area contributed by atoms with E-state index in [0.29, 0.717) is 24.8 Å². The van der Waals surface area contributed by atoms with Crippen molar-refractivity contribution in [1.82, 2.24) is 5.32 Å². The number of hydrogen-bond acceptors (Lipinski definition) is 2. The highest BCUT2D eigenvalue weighted by Gasteiger charge is 2.09. The first-order valence-corrected chi connectivity index (χ1v) is 8.02. The molecule has 0 atom stereocenters. The van der Waals surface area contributed by atoms with Crippen LogP contribution in [0.1, 0.15) is 57.6 Å². The van der Waals surface area contributed by atoms with Crippen molar-refractivity contribution in [3.8, 4) is 0 Å². The van der Waals surface area contributed by atoms with Gasteiger partial charge in [0.2, 0.25) is 5.91 Å². The smallest absolute Gasteiger partial charge is 0.221 e. The van der Waals surface area contributed by atoms with Gasteiger partial charge in [0.15, 0.2) is 0 Å². The molecular weight excluding hydrogens is 260 g/mol. The van der Waals surface area contributed by atoms with E-state index in [4.69, 9.17) is 0 Å². The van der Waals surface area contributed by atoms with Gasteiger partial charge in [-0.15, -0.1) is 0 Å². The van der Waals surface area contributed by atoms with E-state index in [1.165, 1.54) is 16.8 Å². The Hall–Kier alpha value is -1.51. The second kappa shape index (κ2) is 8.71. The van der Waals surface area contributed by atoms with Gasteiger partial charge in [-0.1, -0.05) is 45.9 Å². The van der Waals surface area contributed by atoms with Gasteiger partial charge in [0.05, 0.1) is 0 Å². The fourth-order valence-electron chi connectivity index (χ4n) is 2.30. The SMILES string of the molecule is Cc1cccc(C(C)C)c1NCCC(=O)NCCC(C)C. The number of carbonyl (C=O) groups excluding carboxylic acids is 1. The number of amides is 1. The van der Waals surface area contributed by atoms with Crippen molar-refractivity contribution in [2.45, 2.75) is 53.4 Å². The predicted octanol–water partition coefficient (Wildman–Crippen LogP) is 4.08. The van der Waals surface area contributed by atoms with Crippen LogP contribution in [-0.2, 0) is 4.79 Å². The minimum Gasteiger partial charge on any atom is -0.384 e. The molecule has 1 aromatic carbocycles. The summed E-state index contributed by atoms with van der Waals surface area (Å²) in [5.41, 5.74) is 3.74. The summed E-state index contributed by atoms with van der Waals surface area (Å²) < 4.78 is 0. The zero-order valence-corrected chi connectivity index (χ0v) is 14.1. The number of aryl methyl sites for hydroxylation is 1. The first-order chi connectivity index (χ1) is 9.91. The van der Waals surface area contributed by atoms with E-state index in [1.54, 1.807) is 0 Å². The van der Waals surface area contributed by atoms with E-state index < -0.39 is 0 Å². The van der Waals surface area contributed by atoms with Crippen molar-refractivity contribution in [3.05, 3.63) is 29.3 Å². The lowest BCUT2D eigenvalue weighted by Crippen LogP contribution is -2.27. The topological polar surface area (TPSA) is 41.1 Å². The van der Waals surface area contributed by atoms with Crippen molar-refractivity contribution >= 4 is 11.6 Å². The monoisotopic (exact) mass is 290 g/mol. The number of hydrogen-bond donors (Lipinski definition) is 2. The maximum atomic E-state index is 11.8. The number of rotatable bonds is 8. The Labute approximate surface area is 129 Å². The summed E-state index contributed by atoms with van der Waals surface area (Å²) in [5.74, 6) is 1.24. The highest BCUT2D eigenvalue weighted by atomic mass is 16.1. The molecule has 3 heteroatoms. The van der Waals surface area contributed by atoms with E-state index in [-0.39, 0.29) is 5.91 Å². The fourth-order valence-corrected chi connectivity index (χ4v) is 2.30. The third-order valence-corrected chi connectivity index (χ3v) is 3.62. The summed E-state index contributed by atoms with van der Waals surface area (Å²) in [5, 5.41) is 6.41. The van der Waals surface area contributed by atoms with Gasteiger partial charge in [-0.2, -0.15) is 0 Å². The van der Waals surface area contributed by atoms with Crippen LogP contribution < -0.4 is 10.6 Å². The summed E-state index contributed by atoms with van der Waals surface area (Å²) in [6, 6.07) is 6.36. The van der Waals surface area contributed by atoms with E-state index in [1.807, 2.05) is 0 Å². The zero-order valence-electron chi connectivity index (χ0n) is 14.1. The van der Waals surface area contributed by atoms with Crippen molar-refractivity contribution in [1.29, 1.82) is 0 Å². The Kier molecular flexibility index (Phi) is 7.27. The molecule has 0 saturated heterocycles. The van der Waals surface area contributed by atoms with Crippen LogP contribution in [0.5, 0.6) is 0 Å². The molecule has 0 fully saturated rings. The Morgan fingerprint density at radius 1 is 1.14 bits per heavy atom. The molecule has 0 heterocycles. The Balaban J connectivity index is 2.44. The van der Waals surface area contributed by atoms with Crippen LogP contribution in [0.25, 0.3) is 0 Å². The second-order valence-electron chi connectivity index (χ2n) is 6.40. The minimum absolute atomic E-state index is 0.128. The molecule has 3 nitrogen and oxygen atoms in total. The first-order valence-electron chi connectivity index (χ1n) is 8.02. The van der Waals surface area contributed by atoms with Crippen LogP contribution in [0.4, 0.5) is 5.69 Å². The van der Waals surface area contributed by atoms with Crippen LogP contribution in [-0.4, -0.2) is 19.0 Å². The van der Waals surface area contributed by atoms with Crippen molar-refractivity contribution in [2.24, 2.45) is 5.92 Å². The molecule has 0 radical (unpaired) electrons. The molecule has 2 N–H and O–H groups in total. The number of carbonyl (C=O) groups is 1. The normalized spacial score (nSPS) is 11.0. The van der Waals surface area contributed by atoms with Crippen molar-refractivity contribution < 1.29 is 4.79 Å². The number of anilines is 1. The summed E-state index contributed by atoms with van der Waals surface area (Å²) in [6.07, 6.45) is 1.55. The molecule has 0 aliphatic carbocycles. The minimum atomic E-state index is 0.128. The van der Waals surface area contributed by atoms with Gasteiger partial charge >= 0.3 is 0 Å². The first kappa shape index (κ1) is 17.5. The largest absolute Gasteiger partial charge is 0.384 e. The van der Waals surface area contributed by atoms with Gasteiger partial charge in [-0.25, -0.2) is 0 Å². The van der Waals surface area contributed by atoms with Crippen molar-refractivity contribution in [2.75, 3.05) is 18.4 Å². The van der Waals surface area contributed by atoms with Crippen LogP contribution >= 0.6 is 0 Å². The molecule has 0 spiro atoms. The van der Waals surface area contributed by atoms with Gasteiger partial charge in [0, 0.05) is 25.2 Å². The zero-order chi connectivity index (χ0) is 15.8. The summed E-state index contributed by atoms with van der Waals surface area (Å²) >= 11 is 0. The lowest BCUT2D eigenvalue weighted by Gasteiger charge is -2.17. The molecule has 0 aliphatic heterocycles. The Morgan fingerprint density at radius 3 is 2.48 bits per heavy atom. The maximum Gasteiger partial charge on any atom is 0.221 e. The molecule has 0 aliphatic rings. The highest BCUT2D eigenvalue weighted by molar-refractivity contribution is 5.76. The van der Waals surface area contributed by atoms with Gasteiger partial charge in [0.1, 0.15) is 0 Å². The van der Waals surface area contributed by atoms with Crippen LogP contribution in [0.15, 0.2) is 18.2 Å². The van der Waals surface area contributed by atoms with Crippen molar-refractivity contribution in [3.63, 3.8) is 0 Å². The molecule has 1 amide bonds. The Morgan fingerprint density at radius 2 is 1.86 bits per heavy atom. The molecule has 21 heavy (non-hydrogen) atoms. The molecular formula is C18H30N2O. The summed E-state index contributed by atoms with van der Waals surface area (Å²) in [4.78, 5) is 11.8. The molecule has 0 unspecified atom stereocenters. The second-order valence-corrected chi connectivity index (χ2v) is 6.40. The molecule has 1 rings (SSSR count). The maximum absolute atomic E-state index is 11.8. The quantitative estimate of drug-likeness (QED) is 0.757. The average Bonchev–Trinajstić information content (AvgIpc) is 2.39. The molecule has 0 aromatic heterocycles. The molecule has 0 saturated carbocycles. The summed E-state index contributed by atoms with van der Waals surface area (Å²) in [6.45, 7) is 12.3. The van der Waals surface area contributed by atoms with Crippen LogP contribution in [0.2, 0.25) is 0 Å². The lowest BCUT2D eigenvalue weighted by atomic mass is 9.98.